The van der Waals surface area contributed by atoms with Gasteiger partial charge in [-0.05, 0) is 30.5 Å². The molecule has 1 N–H and O–H groups in total. The van der Waals surface area contributed by atoms with Crippen LogP contribution >= 0.6 is 11.6 Å². The minimum absolute atomic E-state index is 0.445. The molecule has 0 aliphatic rings. The Morgan fingerprint density at radius 1 is 1.10 bits per heavy atom. The van der Waals surface area contributed by atoms with Gasteiger partial charge in [0.15, 0.2) is 0 Å². The SMILES string of the molecule is O=C(O)C(CCCOc1ccccc1Cl)c1ccccc1. The lowest BCUT2D eigenvalue weighted by Gasteiger charge is -2.13. The fourth-order valence-corrected chi connectivity index (χ4v) is 2.34. The zero-order valence-corrected chi connectivity index (χ0v) is 12.3. The molecular formula is C17H17ClO3. The molecule has 0 aliphatic carbocycles. The second-order valence-corrected chi connectivity index (χ2v) is 5.13. The molecular weight excluding hydrogens is 288 g/mol. The van der Waals surface area contributed by atoms with Gasteiger partial charge in [-0.25, -0.2) is 0 Å². The highest BCUT2D eigenvalue weighted by atomic mass is 35.5. The molecule has 2 aromatic carbocycles. The van der Waals surface area contributed by atoms with Gasteiger partial charge in [-0.1, -0.05) is 54.1 Å². The maximum atomic E-state index is 11.4. The van der Waals surface area contributed by atoms with Gasteiger partial charge in [0.05, 0.1) is 17.5 Å². The van der Waals surface area contributed by atoms with E-state index in [0.717, 1.165) is 5.56 Å². The summed E-state index contributed by atoms with van der Waals surface area (Å²) in [5.74, 6) is -0.675. The first-order valence-electron chi connectivity index (χ1n) is 6.83. The van der Waals surface area contributed by atoms with Crippen molar-refractivity contribution in [1.82, 2.24) is 0 Å². The van der Waals surface area contributed by atoms with E-state index < -0.39 is 11.9 Å². The van der Waals surface area contributed by atoms with Crippen LogP contribution in [0.25, 0.3) is 0 Å². The van der Waals surface area contributed by atoms with E-state index in [4.69, 9.17) is 16.3 Å². The Balaban J connectivity index is 1.86. The maximum absolute atomic E-state index is 11.4. The van der Waals surface area contributed by atoms with E-state index in [-0.39, 0.29) is 0 Å². The predicted molar refractivity (Wildman–Crippen MR) is 83.0 cm³/mol. The summed E-state index contributed by atoms with van der Waals surface area (Å²) >= 11 is 5.99. The topological polar surface area (TPSA) is 46.5 Å². The summed E-state index contributed by atoms with van der Waals surface area (Å²) in [6.07, 6.45) is 1.18. The molecule has 1 atom stereocenters. The summed E-state index contributed by atoms with van der Waals surface area (Å²) in [5.41, 5.74) is 0.822. The molecule has 3 nitrogen and oxygen atoms in total. The summed E-state index contributed by atoms with van der Waals surface area (Å²) < 4.78 is 5.58. The van der Waals surface area contributed by atoms with E-state index in [0.29, 0.717) is 30.2 Å². The Bertz CT molecular complexity index is 584. The zero-order valence-electron chi connectivity index (χ0n) is 11.5. The third-order valence-electron chi connectivity index (χ3n) is 3.23. The number of rotatable bonds is 7. The Morgan fingerprint density at radius 3 is 2.43 bits per heavy atom. The molecule has 21 heavy (non-hydrogen) atoms. The van der Waals surface area contributed by atoms with Crippen LogP contribution in [0.5, 0.6) is 5.75 Å². The molecule has 0 aromatic heterocycles. The number of carboxylic acid groups (broad SMARTS) is 1. The zero-order chi connectivity index (χ0) is 15.1. The minimum Gasteiger partial charge on any atom is -0.492 e. The van der Waals surface area contributed by atoms with Crippen molar-refractivity contribution >= 4 is 17.6 Å². The van der Waals surface area contributed by atoms with E-state index in [9.17, 15) is 9.90 Å². The van der Waals surface area contributed by atoms with Crippen LogP contribution in [0.1, 0.15) is 24.3 Å². The quantitative estimate of drug-likeness (QED) is 0.773. The Kier molecular flexibility index (Phi) is 5.64. The minimum atomic E-state index is -0.807. The first-order valence-corrected chi connectivity index (χ1v) is 7.21. The van der Waals surface area contributed by atoms with Gasteiger partial charge in [-0.15, -0.1) is 0 Å². The molecule has 4 heteroatoms. The average Bonchev–Trinajstić information content (AvgIpc) is 2.49. The summed E-state index contributed by atoms with van der Waals surface area (Å²) in [6.45, 7) is 0.445. The smallest absolute Gasteiger partial charge is 0.310 e. The number of carbonyl (C=O) groups is 1. The van der Waals surface area contributed by atoms with Gasteiger partial charge in [0.2, 0.25) is 0 Å². The number of halogens is 1. The molecule has 2 rings (SSSR count). The Morgan fingerprint density at radius 2 is 1.76 bits per heavy atom. The van der Waals surface area contributed by atoms with E-state index >= 15 is 0 Å². The lowest BCUT2D eigenvalue weighted by atomic mass is 9.95. The van der Waals surface area contributed by atoms with Gasteiger partial charge in [-0.3, -0.25) is 4.79 Å². The molecule has 0 heterocycles. The van der Waals surface area contributed by atoms with Gasteiger partial charge < -0.3 is 9.84 Å². The van der Waals surface area contributed by atoms with Crippen LogP contribution in [0.2, 0.25) is 5.02 Å². The second kappa shape index (κ2) is 7.70. The largest absolute Gasteiger partial charge is 0.492 e. The fourth-order valence-electron chi connectivity index (χ4n) is 2.15. The molecule has 2 aromatic rings. The highest BCUT2D eigenvalue weighted by molar-refractivity contribution is 6.32. The maximum Gasteiger partial charge on any atom is 0.310 e. The number of hydrogen-bond donors (Lipinski definition) is 1. The summed E-state index contributed by atoms with van der Waals surface area (Å²) in [5, 5.41) is 9.89. The van der Waals surface area contributed by atoms with E-state index in [1.807, 2.05) is 42.5 Å². The third kappa shape index (κ3) is 4.50. The third-order valence-corrected chi connectivity index (χ3v) is 3.54. The first kappa shape index (κ1) is 15.4. The molecule has 0 amide bonds. The number of para-hydroxylation sites is 1. The van der Waals surface area contributed by atoms with E-state index in [1.165, 1.54) is 0 Å². The Labute approximate surface area is 129 Å². The molecule has 0 radical (unpaired) electrons. The van der Waals surface area contributed by atoms with Crippen molar-refractivity contribution in [3.63, 3.8) is 0 Å². The number of ether oxygens (including phenoxy) is 1. The first-order chi connectivity index (χ1) is 10.2. The molecule has 0 aliphatic heterocycles. The lowest BCUT2D eigenvalue weighted by Crippen LogP contribution is -2.13. The number of aliphatic carboxylic acids is 1. The van der Waals surface area contributed by atoms with Crippen molar-refractivity contribution in [3.8, 4) is 5.75 Å². The number of benzene rings is 2. The van der Waals surface area contributed by atoms with Crippen LogP contribution in [0.3, 0.4) is 0 Å². The van der Waals surface area contributed by atoms with Crippen LogP contribution in [0.15, 0.2) is 54.6 Å². The van der Waals surface area contributed by atoms with Crippen molar-refractivity contribution in [1.29, 1.82) is 0 Å². The fraction of sp³-hybridized carbons (Fsp3) is 0.235. The molecule has 0 saturated carbocycles. The van der Waals surface area contributed by atoms with Gasteiger partial charge in [0.25, 0.3) is 0 Å². The molecule has 0 spiro atoms. The van der Waals surface area contributed by atoms with Gasteiger partial charge in [0, 0.05) is 0 Å². The predicted octanol–water partition coefficient (Wildman–Crippen LogP) is 4.37. The molecule has 0 bridgehead atoms. The van der Waals surface area contributed by atoms with Gasteiger partial charge in [0.1, 0.15) is 5.75 Å². The van der Waals surface area contributed by atoms with Crippen LogP contribution in [0, 0.1) is 0 Å². The van der Waals surface area contributed by atoms with Gasteiger partial charge in [-0.2, -0.15) is 0 Å². The lowest BCUT2D eigenvalue weighted by molar-refractivity contribution is -0.139. The van der Waals surface area contributed by atoms with E-state index in [2.05, 4.69) is 0 Å². The number of carboxylic acids is 1. The van der Waals surface area contributed by atoms with Crippen molar-refractivity contribution < 1.29 is 14.6 Å². The monoisotopic (exact) mass is 304 g/mol. The Hall–Kier alpha value is -2.00. The summed E-state index contributed by atoms with van der Waals surface area (Å²) in [7, 11) is 0. The standard InChI is InChI=1S/C17H17ClO3/c18-15-10-4-5-11-16(15)21-12-6-9-14(17(19)20)13-7-2-1-3-8-13/h1-5,7-8,10-11,14H,6,9,12H2,(H,19,20). The number of hydrogen-bond acceptors (Lipinski definition) is 2. The van der Waals surface area contributed by atoms with Crippen molar-refractivity contribution in [3.05, 3.63) is 65.2 Å². The average molecular weight is 305 g/mol. The van der Waals surface area contributed by atoms with Crippen molar-refractivity contribution in [2.75, 3.05) is 6.61 Å². The van der Waals surface area contributed by atoms with Crippen molar-refractivity contribution in [2.24, 2.45) is 0 Å². The van der Waals surface area contributed by atoms with Crippen LogP contribution in [-0.4, -0.2) is 17.7 Å². The molecule has 1 unspecified atom stereocenters. The highest BCUT2D eigenvalue weighted by Crippen LogP contribution is 2.25. The highest BCUT2D eigenvalue weighted by Gasteiger charge is 2.18. The van der Waals surface area contributed by atoms with Crippen LogP contribution < -0.4 is 4.74 Å². The van der Waals surface area contributed by atoms with Gasteiger partial charge >= 0.3 is 5.97 Å². The summed E-state index contributed by atoms with van der Waals surface area (Å²) in [4.78, 5) is 11.4. The molecule has 110 valence electrons. The van der Waals surface area contributed by atoms with Crippen LogP contribution in [0.4, 0.5) is 0 Å². The second-order valence-electron chi connectivity index (χ2n) is 4.72. The van der Waals surface area contributed by atoms with E-state index in [1.54, 1.807) is 12.1 Å². The molecule has 0 fully saturated rings. The summed E-state index contributed by atoms with van der Waals surface area (Å²) in [6, 6.07) is 16.5. The van der Waals surface area contributed by atoms with Crippen molar-refractivity contribution in [2.45, 2.75) is 18.8 Å². The van der Waals surface area contributed by atoms with Crippen LogP contribution in [-0.2, 0) is 4.79 Å². The normalized spacial score (nSPS) is 11.9. The molecule has 0 saturated heterocycles.